The number of fused-ring (bicyclic) bond motifs is 1. The largest absolute Gasteiger partial charge is 0.342 e. The molecule has 0 bridgehead atoms. The van der Waals surface area contributed by atoms with Gasteiger partial charge in [0.05, 0.1) is 16.3 Å². The third-order valence-electron chi connectivity index (χ3n) is 5.56. The summed E-state index contributed by atoms with van der Waals surface area (Å²) in [6.45, 7) is 1.99. The average molecular weight is 442 g/mol. The Kier molecular flexibility index (Phi) is 5.99. The second-order valence-electron chi connectivity index (χ2n) is 7.86. The Hall–Kier alpha value is -4.33. The number of anilines is 1. The molecule has 0 spiro atoms. The minimum atomic E-state index is -0.786. The first-order valence-electron chi connectivity index (χ1n) is 10.4. The van der Waals surface area contributed by atoms with Gasteiger partial charge in [-0.15, -0.1) is 0 Å². The van der Waals surface area contributed by atoms with E-state index in [0.717, 1.165) is 11.1 Å². The molecule has 0 aromatic heterocycles. The lowest BCUT2D eigenvalue weighted by atomic mass is 9.90. The minimum Gasteiger partial charge on any atom is -0.342 e. The number of benzene rings is 3. The van der Waals surface area contributed by atoms with E-state index in [1.807, 2.05) is 54.6 Å². The summed E-state index contributed by atoms with van der Waals surface area (Å²) < 4.78 is 0. The lowest BCUT2D eigenvalue weighted by molar-refractivity contribution is -0.384. The summed E-state index contributed by atoms with van der Waals surface area (Å²) >= 11 is 0. The van der Waals surface area contributed by atoms with Crippen molar-refractivity contribution in [3.05, 3.63) is 99.6 Å². The van der Waals surface area contributed by atoms with Crippen LogP contribution in [0.25, 0.3) is 0 Å². The zero-order valence-corrected chi connectivity index (χ0v) is 18.2. The Morgan fingerprint density at radius 2 is 1.79 bits per heavy atom. The summed E-state index contributed by atoms with van der Waals surface area (Å²) in [4.78, 5) is 41.7. The van der Waals surface area contributed by atoms with Gasteiger partial charge in [-0.2, -0.15) is 0 Å². The second-order valence-corrected chi connectivity index (χ2v) is 7.86. The Labute approximate surface area is 190 Å². The van der Waals surface area contributed by atoms with Crippen molar-refractivity contribution in [1.29, 1.82) is 0 Å². The molecule has 33 heavy (non-hydrogen) atoms. The van der Waals surface area contributed by atoms with Crippen LogP contribution >= 0.6 is 0 Å². The number of hydrogen-bond acceptors (Lipinski definition) is 5. The molecular formula is C25H22N4O4. The van der Waals surface area contributed by atoms with Gasteiger partial charge < -0.3 is 10.2 Å². The van der Waals surface area contributed by atoms with E-state index in [-0.39, 0.29) is 17.5 Å². The van der Waals surface area contributed by atoms with Gasteiger partial charge in [-0.1, -0.05) is 42.5 Å². The lowest BCUT2D eigenvalue weighted by Gasteiger charge is -2.15. The van der Waals surface area contributed by atoms with Gasteiger partial charge in [0.2, 0.25) is 11.8 Å². The van der Waals surface area contributed by atoms with Crippen molar-refractivity contribution < 1.29 is 14.5 Å². The van der Waals surface area contributed by atoms with Crippen LogP contribution in [0.5, 0.6) is 0 Å². The van der Waals surface area contributed by atoms with Crippen LogP contribution in [0, 0.1) is 10.1 Å². The summed E-state index contributed by atoms with van der Waals surface area (Å²) in [5.74, 6) is -1.10. The van der Waals surface area contributed by atoms with Crippen LogP contribution < -0.4 is 5.32 Å². The smallest absolute Gasteiger partial charge is 0.269 e. The number of aliphatic imine (C=N–C) groups is 1. The summed E-state index contributed by atoms with van der Waals surface area (Å²) in [5.41, 5.74) is 3.82. The standard InChI is InChI=1S/C25H22N4O4/c1-16(30)28(2)15-17-8-10-19(11-9-17)26-24(18-6-4-3-5-7-18)23-21-14-20(29(32)33)12-13-22(21)27-25(23)31/h3-14,23H,15H2,1-2H3,(H,27,31). The van der Waals surface area contributed by atoms with E-state index >= 15 is 0 Å². The monoisotopic (exact) mass is 442 g/mol. The van der Waals surface area contributed by atoms with E-state index in [2.05, 4.69) is 5.32 Å². The van der Waals surface area contributed by atoms with E-state index in [0.29, 0.717) is 29.2 Å². The van der Waals surface area contributed by atoms with Gasteiger partial charge in [0, 0.05) is 43.9 Å². The summed E-state index contributed by atoms with van der Waals surface area (Å²) in [6.07, 6.45) is 0. The Bertz CT molecular complexity index is 1250. The predicted molar refractivity (Wildman–Crippen MR) is 126 cm³/mol. The van der Waals surface area contributed by atoms with Crippen LogP contribution in [-0.2, 0) is 16.1 Å². The molecule has 0 aliphatic carbocycles. The number of non-ortho nitro benzene ring substituents is 1. The topological polar surface area (TPSA) is 105 Å². The van der Waals surface area contributed by atoms with Crippen LogP contribution in [0.1, 0.15) is 29.5 Å². The number of nitrogens with one attached hydrogen (secondary N) is 1. The zero-order chi connectivity index (χ0) is 23.5. The van der Waals surface area contributed by atoms with E-state index in [4.69, 9.17) is 4.99 Å². The fourth-order valence-electron chi connectivity index (χ4n) is 3.74. The molecule has 1 N–H and O–H groups in total. The maximum absolute atomic E-state index is 13.0. The highest BCUT2D eigenvalue weighted by Crippen LogP contribution is 2.38. The van der Waals surface area contributed by atoms with Crippen molar-refractivity contribution in [3.8, 4) is 0 Å². The van der Waals surface area contributed by atoms with Gasteiger partial charge in [0.1, 0.15) is 5.92 Å². The molecule has 4 rings (SSSR count). The molecule has 2 amide bonds. The van der Waals surface area contributed by atoms with Crippen LogP contribution in [-0.4, -0.2) is 34.4 Å². The number of carbonyl (C=O) groups is 2. The van der Waals surface area contributed by atoms with Gasteiger partial charge in [0.15, 0.2) is 0 Å². The number of nitro groups is 1. The number of carbonyl (C=O) groups excluding carboxylic acids is 2. The van der Waals surface area contributed by atoms with Crippen LogP contribution in [0.15, 0.2) is 77.8 Å². The number of rotatable bonds is 6. The molecule has 8 nitrogen and oxygen atoms in total. The molecule has 166 valence electrons. The summed E-state index contributed by atoms with van der Waals surface area (Å²) in [6, 6.07) is 21.1. The molecule has 0 saturated carbocycles. The van der Waals surface area contributed by atoms with Gasteiger partial charge in [0.25, 0.3) is 5.69 Å². The van der Waals surface area contributed by atoms with Crippen molar-refractivity contribution in [2.24, 2.45) is 4.99 Å². The quantitative estimate of drug-likeness (QED) is 0.346. The van der Waals surface area contributed by atoms with Gasteiger partial charge in [-0.05, 0) is 29.3 Å². The van der Waals surface area contributed by atoms with Gasteiger partial charge in [-0.25, -0.2) is 0 Å². The first-order valence-corrected chi connectivity index (χ1v) is 10.4. The molecule has 1 heterocycles. The first kappa shape index (κ1) is 21.9. The highest BCUT2D eigenvalue weighted by atomic mass is 16.6. The molecule has 1 unspecified atom stereocenters. The number of hydrogen-bond donors (Lipinski definition) is 1. The summed E-state index contributed by atoms with van der Waals surface area (Å²) in [7, 11) is 1.73. The van der Waals surface area contributed by atoms with Crippen LogP contribution in [0.3, 0.4) is 0 Å². The van der Waals surface area contributed by atoms with Crippen molar-refractivity contribution in [2.45, 2.75) is 19.4 Å². The Morgan fingerprint density at radius 3 is 2.42 bits per heavy atom. The maximum Gasteiger partial charge on any atom is 0.269 e. The Morgan fingerprint density at radius 1 is 1.09 bits per heavy atom. The molecule has 8 heteroatoms. The van der Waals surface area contributed by atoms with Crippen LogP contribution in [0.2, 0.25) is 0 Å². The molecule has 3 aromatic carbocycles. The molecule has 3 aromatic rings. The number of amides is 2. The number of nitrogens with zero attached hydrogens (tertiary/aromatic N) is 3. The molecule has 1 atom stereocenters. The van der Waals surface area contributed by atoms with Crippen molar-refractivity contribution in [2.75, 3.05) is 12.4 Å². The third kappa shape index (κ3) is 4.64. The normalized spacial score (nSPS) is 15.0. The fraction of sp³-hybridized carbons (Fsp3) is 0.160. The van der Waals surface area contributed by atoms with E-state index < -0.39 is 10.8 Å². The van der Waals surface area contributed by atoms with Crippen LogP contribution in [0.4, 0.5) is 17.1 Å². The lowest BCUT2D eigenvalue weighted by Crippen LogP contribution is -2.23. The van der Waals surface area contributed by atoms with Crippen molar-refractivity contribution in [3.63, 3.8) is 0 Å². The van der Waals surface area contributed by atoms with E-state index in [1.54, 1.807) is 18.0 Å². The summed E-state index contributed by atoms with van der Waals surface area (Å²) in [5, 5.41) is 14.1. The van der Waals surface area contributed by atoms with Gasteiger partial charge >= 0.3 is 0 Å². The minimum absolute atomic E-state index is 0.0246. The molecule has 1 aliphatic rings. The molecule has 1 aliphatic heterocycles. The third-order valence-corrected chi connectivity index (χ3v) is 5.56. The maximum atomic E-state index is 13.0. The van der Waals surface area contributed by atoms with Crippen molar-refractivity contribution >= 4 is 34.6 Å². The average Bonchev–Trinajstić information content (AvgIpc) is 3.13. The second kappa shape index (κ2) is 9.04. The highest BCUT2D eigenvalue weighted by molar-refractivity contribution is 6.24. The fourth-order valence-corrected chi connectivity index (χ4v) is 3.74. The van der Waals surface area contributed by atoms with E-state index in [9.17, 15) is 19.7 Å². The highest BCUT2D eigenvalue weighted by Gasteiger charge is 2.36. The SMILES string of the molecule is CC(=O)N(C)Cc1ccc(N=C(c2ccccc2)C2C(=O)Nc3ccc([N+](=O)[O-])cc32)cc1. The molecule has 0 radical (unpaired) electrons. The first-order chi connectivity index (χ1) is 15.8. The predicted octanol–water partition coefficient (Wildman–Crippen LogP) is 4.43. The number of nitro benzene ring substituents is 1. The molecular weight excluding hydrogens is 420 g/mol. The van der Waals surface area contributed by atoms with E-state index in [1.165, 1.54) is 19.1 Å². The van der Waals surface area contributed by atoms with Crippen molar-refractivity contribution in [1.82, 2.24) is 4.90 Å². The zero-order valence-electron chi connectivity index (χ0n) is 18.2. The van der Waals surface area contributed by atoms with Gasteiger partial charge in [-0.3, -0.25) is 24.7 Å². The Balaban J connectivity index is 1.76. The molecule has 0 saturated heterocycles. The molecule has 0 fully saturated rings.